The predicted molar refractivity (Wildman–Crippen MR) is 88.6 cm³/mol. The first-order valence-electron chi connectivity index (χ1n) is 7.40. The van der Waals surface area contributed by atoms with E-state index in [2.05, 4.69) is 10.3 Å². The van der Waals surface area contributed by atoms with Gasteiger partial charge >= 0.3 is 0 Å². The van der Waals surface area contributed by atoms with Gasteiger partial charge < -0.3 is 21.9 Å². The molecule has 132 valence electrons. The molecule has 1 aromatic carbocycles. The fourth-order valence-corrected chi connectivity index (χ4v) is 1.89. The molecule has 0 heterocycles. The molecule has 0 aliphatic carbocycles. The lowest BCUT2D eigenvalue weighted by molar-refractivity contribution is -0.525. The number of nitro groups is 1. The van der Waals surface area contributed by atoms with E-state index in [9.17, 15) is 20.0 Å². The Bertz CT molecular complexity index is 575. The normalized spacial score (nSPS) is 12.5. The Balaban J connectivity index is 2.20. The van der Waals surface area contributed by atoms with Gasteiger partial charge in [-0.05, 0) is 37.0 Å². The molecule has 1 rings (SSSR count). The van der Waals surface area contributed by atoms with Crippen LogP contribution < -0.4 is 22.2 Å². The smallest absolute Gasteiger partial charge is 0.251 e. The van der Waals surface area contributed by atoms with Crippen molar-refractivity contribution in [1.82, 2.24) is 10.7 Å². The van der Waals surface area contributed by atoms with Crippen LogP contribution in [0.25, 0.3) is 0 Å². The van der Waals surface area contributed by atoms with Crippen molar-refractivity contribution in [3.8, 4) is 5.75 Å². The number of carbonyl (C=O) groups is 1. The van der Waals surface area contributed by atoms with Crippen molar-refractivity contribution in [2.75, 3.05) is 13.1 Å². The molecule has 0 saturated heterocycles. The molecule has 1 aromatic rings. The third-order valence-electron chi connectivity index (χ3n) is 3.15. The van der Waals surface area contributed by atoms with Crippen molar-refractivity contribution in [1.29, 1.82) is 0 Å². The molecule has 0 unspecified atom stereocenters. The Morgan fingerprint density at radius 2 is 2.04 bits per heavy atom. The van der Waals surface area contributed by atoms with Crippen LogP contribution in [0.15, 0.2) is 29.3 Å². The minimum atomic E-state index is -0.799. The van der Waals surface area contributed by atoms with E-state index in [1.54, 1.807) is 29.7 Å². The van der Waals surface area contributed by atoms with Crippen LogP contribution in [0.4, 0.5) is 0 Å². The summed E-state index contributed by atoms with van der Waals surface area (Å²) < 4.78 is 0. The summed E-state index contributed by atoms with van der Waals surface area (Å²) in [5.74, 6) is -0.359. The number of aromatic hydroxyl groups is 1. The molecule has 0 aliphatic rings. The van der Waals surface area contributed by atoms with Crippen LogP contribution in [0.3, 0.4) is 0 Å². The molecule has 10 heteroatoms. The number of guanidine groups is 1. The summed E-state index contributed by atoms with van der Waals surface area (Å²) in [4.78, 5) is 25.7. The highest BCUT2D eigenvalue weighted by molar-refractivity contribution is 5.81. The lowest BCUT2D eigenvalue weighted by Crippen LogP contribution is -2.41. The van der Waals surface area contributed by atoms with E-state index >= 15 is 0 Å². The summed E-state index contributed by atoms with van der Waals surface area (Å²) >= 11 is 0. The second-order valence-corrected chi connectivity index (χ2v) is 5.09. The van der Waals surface area contributed by atoms with E-state index in [1.165, 1.54) is 0 Å². The number of carbonyl (C=O) groups excluding carboxylic acids is 1. The molecule has 24 heavy (non-hydrogen) atoms. The zero-order valence-corrected chi connectivity index (χ0v) is 13.1. The molecule has 10 nitrogen and oxygen atoms in total. The highest BCUT2D eigenvalue weighted by Gasteiger charge is 2.12. The van der Waals surface area contributed by atoms with Gasteiger partial charge in [0.2, 0.25) is 5.91 Å². The van der Waals surface area contributed by atoms with Crippen LogP contribution in [-0.4, -0.2) is 41.1 Å². The van der Waals surface area contributed by atoms with Gasteiger partial charge in [0.15, 0.2) is 5.03 Å². The average Bonchev–Trinajstić information content (AvgIpc) is 2.52. The first kappa shape index (κ1) is 19.2. The van der Waals surface area contributed by atoms with Gasteiger partial charge in [-0.3, -0.25) is 4.79 Å². The van der Waals surface area contributed by atoms with Crippen molar-refractivity contribution < 1.29 is 14.9 Å². The molecule has 0 spiro atoms. The summed E-state index contributed by atoms with van der Waals surface area (Å²) in [5.41, 5.74) is 13.7. The fraction of sp³-hybridized carbons (Fsp3) is 0.429. The maximum Gasteiger partial charge on any atom is 0.251 e. The van der Waals surface area contributed by atoms with Gasteiger partial charge in [0.1, 0.15) is 5.75 Å². The van der Waals surface area contributed by atoms with Crippen molar-refractivity contribution in [3.05, 3.63) is 39.9 Å². The molecule has 0 radical (unpaired) electrons. The predicted octanol–water partition coefficient (Wildman–Crippen LogP) is -0.746. The largest absolute Gasteiger partial charge is 0.508 e. The van der Waals surface area contributed by atoms with E-state index in [0.717, 1.165) is 5.56 Å². The molecule has 7 N–H and O–H groups in total. The van der Waals surface area contributed by atoms with Crippen LogP contribution in [0.5, 0.6) is 5.75 Å². The van der Waals surface area contributed by atoms with Crippen molar-refractivity contribution in [2.24, 2.45) is 16.5 Å². The minimum Gasteiger partial charge on any atom is -0.508 e. The number of nitrogens with one attached hydrogen (secondary N) is 2. The quantitative estimate of drug-likeness (QED) is 0.130. The number of hydrogen-bond donors (Lipinski definition) is 5. The van der Waals surface area contributed by atoms with Crippen LogP contribution in [-0.2, 0) is 11.2 Å². The Labute approximate surface area is 139 Å². The van der Waals surface area contributed by atoms with Crippen LogP contribution >= 0.6 is 0 Å². The van der Waals surface area contributed by atoms with Gasteiger partial charge in [-0.25, -0.2) is 15.1 Å². The lowest BCUT2D eigenvalue weighted by atomic mass is 10.1. The lowest BCUT2D eigenvalue weighted by Gasteiger charge is -2.11. The number of hydrazine groups is 1. The van der Waals surface area contributed by atoms with Crippen LogP contribution in [0.2, 0.25) is 0 Å². The second-order valence-electron chi connectivity index (χ2n) is 5.09. The SMILES string of the molecule is NC(=NCCC[C@@H](N)C(=O)NCCc1ccc(O)cc1)N[N+](=O)[O-]. The minimum absolute atomic E-state index is 0.196. The van der Waals surface area contributed by atoms with Gasteiger partial charge in [0.25, 0.3) is 5.96 Å². The number of rotatable bonds is 9. The number of phenolic OH excluding ortho intramolecular Hbond substituents is 1. The summed E-state index contributed by atoms with van der Waals surface area (Å²) in [6.45, 7) is 0.677. The number of amides is 1. The zero-order valence-electron chi connectivity index (χ0n) is 13.1. The van der Waals surface area contributed by atoms with E-state index in [0.29, 0.717) is 25.8 Å². The Morgan fingerprint density at radius 1 is 1.38 bits per heavy atom. The summed E-state index contributed by atoms with van der Waals surface area (Å²) in [7, 11) is 0. The summed E-state index contributed by atoms with van der Waals surface area (Å²) in [6.07, 6.45) is 1.50. The van der Waals surface area contributed by atoms with Gasteiger partial charge in [0, 0.05) is 13.1 Å². The third-order valence-corrected chi connectivity index (χ3v) is 3.15. The molecule has 1 amide bonds. The molecule has 0 saturated carbocycles. The van der Waals surface area contributed by atoms with E-state index in [-0.39, 0.29) is 24.2 Å². The van der Waals surface area contributed by atoms with E-state index in [1.807, 2.05) is 0 Å². The second kappa shape index (κ2) is 10.0. The third kappa shape index (κ3) is 7.94. The van der Waals surface area contributed by atoms with Crippen molar-refractivity contribution >= 4 is 11.9 Å². The molecule has 0 fully saturated rings. The molecule has 0 aromatic heterocycles. The molecule has 0 aliphatic heterocycles. The maximum atomic E-state index is 11.8. The van der Waals surface area contributed by atoms with Gasteiger partial charge in [0.05, 0.1) is 6.04 Å². The van der Waals surface area contributed by atoms with Crippen LogP contribution in [0.1, 0.15) is 18.4 Å². The Kier molecular flexibility index (Phi) is 7.99. The molecular formula is C14H22N6O4. The highest BCUT2D eigenvalue weighted by Crippen LogP contribution is 2.09. The molecule has 0 bridgehead atoms. The molecular weight excluding hydrogens is 316 g/mol. The van der Waals surface area contributed by atoms with Gasteiger partial charge in [-0.2, -0.15) is 0 Å². The number of aliphatic imine (C=N–C) groups is 1. The fourth-order valence-electron chi connectivity index (χ4n) is 1.89. The maximum absolute atomic E-state index is 11.8. The zero-order chi connectivity index (χ0) is 17.9. The average molecular weight is 338 g/mol. The summed E-state index contributed by atoms with van der Waals surface area (Å²) in [5, 5.41) is 21.2. The number of nitrogens with two attached hydrogens (primary N) is 2. The van der Waals surface area contributed by atoms with Gasteiger partial charge in [-0.15, -0.1) is 0 Å². The number of benzene rings is 1. The Morgan fingerprint density at radius 3 is 2.67 bits per heavy atom. The summed E-state index contributed by atoms with van der Waals surface area (Å²) in [6, 6.07) is 6.06. The topological polar surface area (TPSA) is 169 Å². The molecule has 1 atom stereocenters. The number of hydrogen-bond acceptors (Lipinski definition) is 6. The van der Waals surface area contributed by atoms with Crippen molar-refractivity contribution in [2.45, 2.75) is 25.3 Å². The first-order valence-corrected chi connectivity index (χ1v) is 7.40. The number of phenols is 1. The first-order chi connectivity index (χ1) is 11.4. The van der Waals surface area contributed by atoms with Gasteiger partial charge in [-0.1, -0.05) is 17.6 Å². The van der Waals surface area contributed by atoms with Crippen LogP contribution in [0, 0.1) is 10.1 Å². The van der Waals surface area contributed by atoms with E-state index in [4.69, 9.17) is 11.5 Å². The monoisotopic (exact) mass is 338 g/mol. The standard InChI is InChI=1S/C14H22N6O4/c15-12(2-1-8-18-14(16)19-20(23)24)13(22)17-9-7-10-3-5-11(21)6-4-10/h3-6,12,21H,1-2,7-9,15H2,(H,17,22)(H3,16,18,19)/t12-/m1/s1. The van der Waals surface area contributed by atoms with E-state index < -0.39 is 11.1 Å². The van der Waals surface area contributed by atoms with Crippen molar-refractivity contribution in [3.63, 3.8) is 0 Å². The highest BCUT2D eigenvalue weighted by atomic mass is 16.7. The number of nitrogens with zero attached hydrogens (tertiary/aromatic N) is 2. The Hall–Kier alpha value is -2.88.